The Morgan fingerprint density at radius 2 is 2.30 bits per heavy atom. The highest BCUT2D eigenvalue weighted by Gasteiger charge is 2.37. The molecule has 1 aliphatic heterocycles. The van der Waals surface area contributed by atoms with Crippen molar-refractivity contribution in [3.63, 3.8) is 0 Å². The van der Waals surface area contributed by atoms with E-state index in [1.165, 1.54) is 4.68 Å². The average Bonchev–Trinajstić information content (AvgIpc) is 3.18. The summed E-state index contributed by atoms with van der Waals surface area (Å²) in [6.45, 7) is 1.05. The number of rotatable bonds is 4. The van der Waals surface area contributed by atoms with Crippen LogP contribution >= 0.6 is 11.6 Å². The van der Waals surface area contributed by atoms with Crippen molar-refractivity contribution >= 4 is 23.3 Å². The van der Waals surface area contributed by atoms with Crippen molar-refractivity contribution in [3.8, 4) is 0 Å². The fourth-order valence-corrected chi connectivity index (χ4v) is 3.16. The Hall–Kier alpha value is -2.06. The number of methoxy groups -OCH3 is 1. The van der Waals surface area contributed by atoms with Gasteiger partial charge in [-0.1, -0.05) is 11.6 Å². The second-order valence-electron chi connectivity index (χ2n) is 5.67. The van der Waals surface area contributed by atoms with Gasteiger partial charge in [-0.05, 0) is 12.5 Å². The van der Waals surface area contributed by atoms with E-state index in [0.29, 0.717) is 23.9 Å². The largest absolute Gasteiger partial charge is 0.382 e. The van der Waals surface area contributed by atoms with Gasteiger partial charge in [0.1, 0.15) is 5.82 Å². The van der Waals surface area contributed by atoms with Gasteiger partial charge < -0.3 is 15.4 Å². The Morgan fingerprint density at radius 3 is 2.87 bits per heavy atom. The minimum absolute atomic E-state index is 0.0145. The van der Waals surface area contributed by atoms with E-state index < -0.39 is 0 Å². The summed E-state index contributed by atoms with van der Waals surface area (Å²) in [7, 11) is 3.38. The number of carbonyl (C=O) groups excluding carboxylic acids is 1. The molecule has 3 heterocycles. The Balaban J connectivity index is 1.82. The van der Waals surface area contributed by atoms with Crippen LogP contribution in [0.3, 0.4) is 0 Å². The van der Waals surface area contributed by atoms with Crippen LogP contribution in [-0.2, 0) is 18.3 Å². The predicted octanol–water partition coefficient (Wildman–Crippen LogP) is 0.782. The maximum Gasteiger partial charge on any atom is 0.276 e. The van der Waals surface area contributed by atoms with Crippen LogP contribution in [0.15, 0.2) is 18.5 Å². The first-order chi connectivity index (χ1) is 11.0. The van der Waals surface area contributed by atoms with Crippen molar-refractivity contribution in [3.05, 3.63) is 29.2 Å². The molecule has 2 aromatic heterocycles. The first-order valence-electron chi connectivity index (χ1n) is 7.29. The number of aromatic nitrogens is 4. The summed E-state index contributed by atoms with van der Waals surface area (Å²) in [4.78, 5) is 14.6. The second-order valence-corrected chi connectivity index (χ2v) is 6.07. The number of likely N-dealkylation sites (tertiary alicyclic amines) is 1. The van der Waals surface area contributed by atoms with Gasteiger partial charge in [-0.25, -0.2) is 0 Å². The van der Waals surface area contributed by atoms with Crippen molar-refractivity contribution < 1.29 is 9.53 Å². The van der Waals surface area contributed by atoms with Crippen LogP contribution in [0.5, 0.6) is 0 Å². The van der Waals surface area contributed by atoms with Gasteiger partial charge in [0.25, 0.3) is 5.91 Å². The van der Waals surface area contributed by atoms with Gasteiger partial charge in [0.05, 0.1) is 23.7 Å². The zero-order valence-corrected chi connectivity index (χ0v) is 13.8. The number of ether oxygens (including phenoxy) is 1. The molecule has 0 bridgehead atoms. The molecule has 0 aromatic carbocycles. The van der Waals surface area contributed by atoms with Gasteiger partial charge in [0.15, 0.2) is 5.69 Å². The molecule has 0 radical (unpaired) electrons. The minimum Gasteiger partial charge on any atom is -0.382 e. The summed E-state index contributed by atoms with van der Waals surface area (Å²) < 4.78 is 8.69. The highest BCUT2D eigenvalue weighted by Crippen LogP contribution is 2.25. The molecule has 23 heavy (non-hydrogen) atoms. The normalized spacial score (nSPS) is 21.1. The van der Waals surface area contributed by atoms with Gasteiger partial charge >= 0.3 is 0 Å². The number of halogens is 1. The summed E-state index contributed by atoms with van der Waals surface area (Å²) in [6, 6.07) is 1.68. The fraction of sp³-hybridized carbons (Fsp3) is 0.500. The smallest absolute Gasteiger partial charge is 0.276 e. The first-order valence-corrected chi connectivity index (χ1v) is 7.67. The van der Waals surface area contributed by atoms with Gasteiger partial charge in [0, 0.05) is 33.1 Å². The molecule has 0 unspecified atom stereocenters. The lowest BCUT2D eigenvalue weighted by Gasteiger charge is -2.23. The zero-order valence-electron chi connectivity index (χ0n) is 13.0. The highest BCUT2D eigenvalue weighted by molar-refractivity contribution is 6.33. The number of aryl methyl sites for hydroxylation is 1. The molecule has 0 spiro atoms. The average molecular weight is 339 g/mol. The quantitative estimate of drug-likeness (QED) is 0.889. The molecule has 1 saturated heterocycles. The summed E-state index contributed by atoms with van der Waals surface area (Å²) in [5.41, 5.74) is 5.91. The van der Waals surface area contributed by atoms with Crippen LogP contribution in [0.2, 0.25) is 5.02 Å². The summed E-state index contributed by atoms with van der Waals surface area (Å²) in [5.74, 6) is 0.261. The molecule has 9 heteroatoms. The molecule has 0 saturated carbocycles. The van der Waals surface area contributed by atoms with Crippen molar-refractivity contribution in [2.24, 2.45) is 7.05 Å². The van der Waals surface area contributed by atoms with Crippen LogP contribution in [0, 0.1) is 0 Å². The summed E-state index contributed by atoms with van der Waals surface area (Å²) in [6.07, 6.45) is 4.12. The van der Waals surface area contributed by atoms with E-state index in [1.54, 1.807) is 42.2 Å². The van der Waals surface area contributed by atoms with Gasteiger partial charge in [-0.3, -0.25) is 14.2 Å². The number of nitrogens with two attached hydrogens (primary N) is 1. The standard InChI is InChI=1S/C14H19ClN6O2/c1-19-8-11(15)13(18-19)14(22)21-7-10(23-2)5-9(21)6-20-4-3-12(16)17-20/h3-4,8-10H,5-7H2,1-2H3,(H2,16,17)/t9-,10+/m0/s1. The minimum atomic E-state index is -0.194. The SMILES string of the molecule is CO[C@@H]1C[C@@H](Cn2ccc(N)n2)N(C(=O)c2nn(C)cc2Cl)C1. The molecular weight excluding hydrogens is 320 g/mol. The summed E-state index contributed by atoms with van der Waals surface area (Å²) in [5, 5.41) is 8.69. The molecule has 3 rings (SSSR count). The fourth-order valence-electron chi connectivity index (χ4n) is 2.90. The monoisotopic (exact) mass is 338 g/mol. The maximum absolute atomic E-state index is 12.8. The van der Waals surface area contributed by atoms with E-state index >= 15 is 0 Å². The number of nitrogen functional groups attached to an aromatic ring is 1. The van der Waals surface area contributed by atoms with Crippen molar-refractivity contribution in [2.45, 2.75) is 25.1 Å². The maximum atomic E-state index is 12.8. The van der Waals surface area contributed by atoms with Crippen molar-refractivity contribution in [1.29, 1.82) is 0 Å². The van der Waals surface area contributed by atoms with Crippen molar-refractivity contribution in [2.75, 3.05) is 19.4 Å². The molecule has 8 nitrogen and oxygen atoms in total. The van der Waals surface area contributed by atoms with Crippen LogP contribution in [-0.4, -0.2) is 56.2 Å². The van der Waals surface area contributed by atoms with Gasteiger partial charge in [-0.2, -0.15) is 10.2 Å². The highest BCUT2D eigenvalue weighted by atomic mass is 35.5. The molecule has 0 aliphatic carbocycles. The van der Waals surface area contributed by atoms with E-state index in [-0.39, 0.29) is 23.7 Å². The molecule has 1 amide bonds. The number of anilines is 1. The molecule has 2 atom stereocenters. The number of hydrogen-bond donors (Lipinski definition) is 1. The third-order valence-corrected chi connectivity index (χ3v) is 4.29. The van der Waals surface area contributed by atoms with Gasteiger partial charge in [-0.15, -0.1) is 0 Å². The Kier molecular flexibility index (Phi) is 4.27. The predicted molar refractivity (Wildman–Crippen MR) is 85.1 cm³/mol. The lowest BCUT2D eigenvalue weighted by molar-refractivity contribution is 0.0672. The third-order valence-electron chi connectivity index (χ3n) is 4.02. The van der Waals surface area contributed by atoms with E-state index in [1.807, 2.05) is 0 Å². The Labute approximate surface area is 138 Å². The van der Waals surface area contributed by atoms with Crippen LogP contribution < -0.4 is 5.73 Å². The van der Waals surface area contributed by atoms with Gasteiger partial charge in [0.2, 0.25) is 0 Å². The topological polar surface area (TPSA) is 91.2 Å². The molecule has 124 valence electrons. The molecule has 2 N–H and O–H groups in total. The molecule has 1 aliphatic rings. The number of carbonyl (C=O) groups is 1. The Morgan fingerprint density at radius 1 is 1.52 bits per heavy atom. The number of nitrogens with zero attached hydrogens (tertiary/aromatic N) is 5. The third kappa shape index (κ3) is 3.18. The number of amides is 1. The zero-order chi connectivity index (χ0) is 16.6. The lowest BCUT2D eigenvalue weighted by Crippen LogP contribution is -2.39. The van der Waals surface area contributed by atoms with E-state index in [9.17, 15) is 4.79 Å². The Bertz CT molecular complexity index is 712. The molecular formula is C14H19ClN6O2. The van der Waals surface area contributed by atoms with E-state index in [0.717, 1.165) is 6.42 Å². The first kappa shape index (κ1) is 15.8. The van der Waals surface area contributed by atoms with E-state index in [2.05, 4.69) is 10.2 Å². The molecule has 2 aromatic rings. The van der Waals surface area contributed by atoms with E-state index in [4.69, 9.17) is 22.1 Å². The number of hydrogen-bond acceptors (Lipinski definition) is 5. The van der Waals surface area contributed by atoms with Crippen LogP contribution in [0.4, 0.5) is 5.82 Å². The lowest BCUT2D eigenvalue weighted by atomic mass is 10.2. The van der Waals surface area contributed by atoms with Crippen LogP contribution in [0.25, 0.3) is 0 Å². The second kappa shape index (κ2) is 6.21. The van der Waals surface area contributed by atoms with Crippen LogP contribution in [0.1, 0.15) is 16.9 Å². The van der Waals surface area contributed by atoms with Crippen molar-refractivity contribution in [1.82, 2.24) is 24.5 Å². The summed E-state index contributed by atoms with van der Waals surface area (Å²) >= 11 is 6.10. The molecule has 1 fully saturated rings.